The number of carbonyl (C=O) groups excluding carboxylic acids is 1. The predicted molar refractivity (Wildman–Crippen MR) is 270 cm³/mol. The first-order valence-corrected chi connectivity index (χ1v) is 26.8. The number of aromatic nitrogens is 2. The molecular weight excluding hydrogens is 925 g/mol. The van der Waals surface area contributed by atoms with Gasteiger partial charge in [-0.15, -0.1) is 0 Å². The number of benzene rings is 3. The maximum absolute atomic E-state index is 14.7. The summed E-state index contributed by atoms with van der Waals surface area (Å²) < 4.78 is 49.4. The van der Waals surface area contributed by atoms with Crippen LogP contribution in [-0.2, 0) is 19.5 Å². The second-order valence-electron chi connectivity index (χ2n) is 21.2. The Hall–Kier alpha value is -5.79. The number of nitro benzene ring substituents is 1. The molecule has 4 aliphatic heterocycles. The minimum Gasteiger partial charge on any atom is -0.470 e. The zero-order chi connectivity index (χ0) is 49.1. The van der Waals surface area contributed by atoms with Crippen LogP contribution in [0.2, 0.25) is 0 Å². The molecule has 6 heterocycles. The Morgan fingerprint density at radius 3 is 2.52 bits per heavy atom. The topological polar surface area (TPSA) is 205 Å². The van der Waals surface area contributed by atoms with E-state index in [2.05, 4.69) is 56.0 Å². The number of piperidine rings is 1. The van der Waals surface area contributed by atoms with Crippen LogP contribution in [0.15, 0.2) is 83.9 Å². The van der Waals surface area contributed by atoms with Crippen LogP contribution >= 0.6 is 0 Å². The molecule has 4 N–H and O–H groups in total. The molecule has 376 valence electrons. The third kappa shape index (κ3) is 9.44. The van der Waals surface area contributed by atoms with Crippen molar-refractivity contribution in [2.24, 2.45) is 11.3 Å². The van der Waals surface area contributed by atoms with Crippen molar-refractivity contribution in [1.29, 1.82) is 0 Å². The van der Waals surface area contributed by atoms with Crippen molar-refractivity contribution in [3.63, 3.8) is 0 Å². The molecule has 18 heteroatoms. The van der Waals surface area contributed by atoms with Gasteiger partial charge in [0, 0.05) is 68.6 Å². The average molecular weight is 989 g/mol. The second-order valence-corrected chi connectivity index (χ2v) is 22.8. The van der Waals surface area contributed by atoms with Crippen LogP contribution in [0.25, 0.3) is 11.0 Å². The van der Waals surface area contributed by atoms with Crippen molar-refractivity contribution in [2.75, 3.05) is 67.7 Å². The molecule has 1 amide bonds. The van der Waals surface area contributed by atoms with Gasteiger partial charge in [-0.05, 0) is 137 Å². The van der Waals surface area contributed by atoms with Crippen LogP contribution in [0.1, 0.15) is 98.7 Å². The third-order valence-corrected chi connectivity index (χ3v) is 17.8. The normalized spacial score (nSPS) is 25.9. The number of nitrogens with zero attached hydrogens (tertiary/aromatic N) is 5. The van der Waals surface area contributed by atoms with Gasteiger partial charge in [0.1, 0.15) is 23.1 Å². The monoisotopic (exact) mass is 988 g/mol. The molecule has 3 aromatic carbocycles. The first-order chi connectivity index (χ1) is 34.2. The van der Waals surface area contributed by atoms with Crippen LogP contribution in [0, 0.1) is 28.4 Å². The molecule has 71 heavy (non-hydrogen) atoms. The minimum absolute atomic E-state index is 0.0999. The van der Waals surface area contributed by atoms with E-state index >= 15 is 0 Å². The Morgan fingerprint density at radius 2 is 1.73 bits per heavy atom. The fourth-order valence-corrected chi connectivity index (χ4v) is 13.3. The molecule has 0 bridgehead atoms. The summed E-state index contributed by atoms with van der Waals surface area (Å²) in [6, 6.07) is 22.1. The number of pyridine rings is 1. The number of H-pyrrole nitrogens is 1. The van der Waals surface area contributed by atoms with Crippen molar-refractivity contribution in [3.8, 4) is 5.88 Å². The van der Waals surface area contributed by atoms with Gasteiger partial charge in [-0.1, -0.05) is 24.3 Å². The maximum atomic E-state index is 14.7. The molecule has 2 saturated carbocycles. The fraction of sp³-hybridized carbons (Fsp3) is 0.509. The zero-order valence-corrected chi connectivity index (χ0v) is 41.3. The number of aryl methyl sites for hydroxylation is 1. The summed E-state index contributed by atoms with van der Waals surface area (Å²) in [6.07, 6.45) is 10.2. The quantitative estimate of drug-likeness (QED) is 0.0729. The number of aromatic amines is 1. The largest absolute Gasteiger partial charge is 0.470 e. The van der Waals surface area contributed by atoms with E-state index in [1.807, 2.05) is 42.3 Å². The zero-order valence-electron chi connectivity index (χ0n) is 40.5. The Labute approximate surface area is 414 Å². The van der Waals surface area contributed by atoms with Gasteiger partial charge < -0.3 is 39.4 Å². The molecule has 2 aliphatic carbocycles. The van der Waals surface area contributed by atoms with Crippen LogP contribution in [-0.4, -0.2) is 116 Å². The van der Waals surface area contributed by atoms with Gasteiger partial charge in [0.2, 0.25) is 5.88 Å². The van der Waals surface area contributed by atoms with Crippen molar-refractivity contribution < 1.29 is 37.5 Å². The molecule has 17 nitrogen and oxygen atoms in total. The van der Waals surface area contributed by atoms with Gasteiger partial charge in [-0.3, -0.25) is 19.8 Å². The number of aliphatic hydroxyl groups is 1. The van der Waals surface area contributed by atoms with E-state index in [-0.39, 0.29) is 40.8 Å². The molecule has 3 atom stereocenters. The van der Waals surface area contributed by atoms with E-state index in [0.717, 1.165) is 88.3 Å². The van der Waals surface area contributed by atoms with Gasteiger partial charge in [-0.25, -0.2) is 13.1 Å². The summed E-state index contributed by atoms with van der Waals surface area (Å²) in [5, 5.41) is 26.7. The van der Waals surface area contributed by atoms with Crippen LogP contribution in [0.3, 0.4) is 0 Å². The Kier molecular flexibility index (Phi) is 12.7. The van der Waals surface area contributed by atoms with Gasteiger partial charge in [0.05, 0.1) is 58.6 Å². The lowest BCUT2D eigenvalue weighted by Crippen LogP contribution is -2.56. The van der Waals surface area contributed by atoms with Crippen LogP contribution in [0.5, 0.6) is 5.88 Å². The first-order valence-electron chi connectivity index (χ1n) is 25.3. The van der Waals surface area contributed by atoms with Crippen molar-refractivity contribution in [3.05, 3.63) is 106 Å². The van der Waals surface area contributed by atoms with E-state index in [4.69, 9.17) is 19.2 Å². The van der Waals surface area contributed by atoms with Crippen LogP contribution < -0.4 is 24.6 Å². The van der Waals surface area contributed by atoms with Gasteiger partial charge >= 0.3 is 0 Å². The van der Waals surface area contributed by atoms with E-state index in [0.29, 0.717) is 74.6 Å². The molecule has 3 saturated heterocycles. The maximum Gasteiger partial charge on any atom is 0.293 e. The number of rotatable bonds is 11. The van der Waals surface area contributed by atoms with Crippen molar-refractivity contribution >= 4 is 55.4 Å². The number of fused-ring (bicyclic) bond motifs is 3. The summed E-state index contributed by atoms with van der Waals surface area (Å²) in [7, 11) is -4.62. The van der Waals surface area contributed by atoms with Gasteiger partial charge in [0.15, 0.2) is 0 Å². The molecule has 0 unspecified atom stereocenters. The lowest BCUT2D eigenvalue weighted by atomic mass is 9.59. The lowest BCUT2D eigenvalue weighted by Gasteiger charge is -2.56. The van der Waals surface area contributed by atoms with E-state index in [1.165, 1.54) is 23.3 Å². The van der Waals surface area contributed by atoms with Crippen molar-refractivity contribution in [1.82, 2.24) is 19.6 Å². The highest BCUT2D eigenvalue weighted by Crippen LogP contribution is 2.54. The number of sulfonamides is 1. The Bertz CT molecular complexity index is 2920. The predicted octanol–water partition coefficient (Wildman–Crippen LogP) is 8.15. The third-order valence-electron chi connectivity index (χ3n) is 16.5. The summed E-state index contributed by atoms with van der Waals surface area (Å²) in [6.45, 7) is 9.39. The number of ether oxygens (including phenoxy) is 3. The second kappa shape index (κ2) is 19.0. The number of anilines is 4. The molecule has 0 radical (unpaired) electrons. The number of hydrogen-bond acceptors (Lipinski definition) is 14. The molecule has 1 spiro atoms. The smallest absolute Gasteiger partial charge is 0.293 e. The number of nitrogens with one attached hydrogen (secondary N) is 3. The molecule has 11 rings (SSSR count). The highest BCUT2D eigenvalue weighted by Gasteiger charge is 2.50. The van der Waals surface area contributed by atoms with Gasteiger partial charge in [0.25, 0.3) is 21.6 Å². The fourth-order valence-electron chi connectivity index (χ4n) is 12.3. The number of nitro groups is 1. The minimum atomic E-state index is -4.62. The summed E-state index contributed by atoms with van der Waals surface area (Å²) >= 11 is 0. The van der Waals surface area contributed by atoms with E-state index in [1.54, 1.807) is 6.07 Å². The summed E-state index contributed by atoms with van der Waals surface area (Å²) in [4.78, 5) is 41.2. The van der Waals surface area contributed by atoms with E-state index in [9.17, 15) is 28.4 Å². The molecule has 5 aromatic rings. The molecule has 6 aliphatic rings. The SMILES string of the molecule is Cc1ccccc1[C@@H]1COCCCN1C1CC2(CCN(c3ccc(C(=O)NS(=O)(=O)c4ccc(NC[C@H]5CC[C@](C)(O)CC5)c([N+](=O)[O-])c4)c(N4c5cc6cc[nH]c6nc5O[C@@H]5CCOC[C@H]54)c3)CC2)C1. The average Bonchev–Trinajstić information content (AvgIpc) is 3.68. The highest BCUT2D eigenvalue weighted by atomic mass is 32.2. The molecule has 5 fully saturated rings. The summed E-state index contributed by atoms with van der Waals surface area (Å²) in [5.74, 6) is -0.297. The van der Waals surface area contributed by atoms with Gasteiger partial charge in [-0.2, -0.15) is 4.98 Å². The van der Waals surface area contributed by atoms with Crippen molar-refractivity contribution in [2.45, 2.75) is 113 Å². The lowest BCUT2D eigenvalue weighted by molar-refractivity contribution is -0.384. The Morgan fingerprint density at radius 1 is 0.944 bits per heavy atom. The van der Waals surface area contributed by atoms with Crippen LogP contribution in [0.4, 0.5) is 28.4 Å². The molecule has 2 aromatic heterocycles. The standard InChI is InChI=1S/C53H64N8O9S/c1-34-6-3-4-7-40(34)46-32-68-24-5-21-59(46)38-29-53(30-38)18-22-58(23-19-53)37-8-10-41(43(27-37)60-45-26-36-14-20-54-49(36)56-51(45)70-48-15-25-69-33-47(48)60)50(62)57-71(66,67)39-9-11-42(44(28-39)61(64)65)55-31-35-12-16-52(2,63)17-13-35/h3-4,6-11,14,20,26-28,35,38,46-48,55,63H,5,12-13,15-19,21-25,29-33H2,1-2H3,(H,54,56)(H,57,62)/t35-,46-,47+,48+,52-/m0/s1. The molecular formula is C53H64N8O9S. The highest BCUT2D eigenvalue weighted by molar-refractivity contribution is 7.90. The first kappa shape index (κ1) is 47.5. The summed E-state index contributed by atoms with van der Waals surface area (Å²) in [5.41, 5.74) is 4.69. The number of amides is 1. The number of hydrogen-bond donors (Lipinski definition) is 4. The van der Waals surface area contributed by atoms with E-state index < -0.39 is 37.0 Å². The number of carbonyl (C=O) groups is 1. The Balaban J connectivity index is 0.868.